The van der Waals surface area contributed by atoms with Crippen LogP contribution in [-0.4, -0.2) is 47.5 Å². The van der Waals surface area contributed by atoms with Gasteiger partial charge in [-0.2, -0.15) is 4.98 Å². The predicted molar refractivity (Wildman–Crippen MR) is 81.7 cm³/mol. The lowest BCUT2D eigenvalue weighted by Crippen LogP contribution is -2.13. The second-order valence-corrected chi connectivity index (χ2v) is 6.83. The number of unbranched alkanes of at least 4 members (excludes halogenated alkanes) is 3. The van der Waals surface area contributed by atoms with E-state index in [1.807, 2.05) is 0 Å². The topological polar surface area (TPSA) is 169 Å². The molecule has 0 fully saturated rings. The van der Waals surface area contributed by atoms with E-state index in [0.29, 0.717) is 13.0 Å². The van der Waals surface area contributed by atoms with Crippen LogP contribution in [0.25, 0.3) is 11.2 Å². The summed E-state index contributed by atoms with van der Waals surface area (Å²) in [5.74, 6) is -0.0175. The standard InChI is InChI=1S/C11H19N6O5P/c12-11-13-9-8(10(18)14-11)15-16-17(9)7-22-5-3-1-2-4-6-23(19,20)21/h1-7H2,(H2,19,20,21)(H3,12,13,14,18). The molecule has 0 aliphatic carbocycles. The molecule has 2 rings (SSSR count). The summed E-state index contributed by atoms with van der Waals surface area (Å²) < 4.78 is 17.4. The molecule has 2 heterocycles. The molecule has 0 unspecified atom stereocenters. The zero-order chi connectivity index (χ0) is 16.9. The maximum atomic E-state index is 11.6. The lowest BCUT2D eigenvalue weighted by Gasteiger charge is -2.05. The molecule has 2 aromatic heterocycles. The monoisotopic (exact) mass is 346 g/mol. The van der Waals surface area contributed by atoms with Crippen molar-refractivity contribution in [2.75, 3.05) is 18.5 Å². The zero-order valence-electron chi connectivity index (χ0n) is 12.4. The lowest BCUT2D eigenvalue weighted by molar-refractivity contribution is 0.0672. The van der Waals surface area contributed by atoms with Crippen LogP contribution < -0.4 is 11.3 Å². The molecule has 0 aliphatic heterocycles. The summed E-state index contributed by atoms with van der Waals surface area (Å²) >= 11 is 0. The van der Waals surface area contributed by atoms with Crippen LogP contribution in [0.4, 0.5) is 5.95 Å². The van der Waals surface area contributed by atoms with Gasteiger partial charge in [0.25, 0.3) is 5.56 Å². The van der Waals surface area contributed by atoms with Gasteiger partial charge >= 0.3 is 7.60 Å². The minimum atomic E-state index is -3.89. The van der Waals surface area contributed by atoms with Gasteiger partial charge in [-0.25, -0.2) is 4.68 Å². The number of aromatic amines is 1. The number of nitrogens with zero attached hydrogens (tertiary/aromatic N) is 4. The van der Waals surface area contributed by atoms with Crippen LogP contribution >= 0.6 is 7.60 Å². The molecule has 0 radical (unpaired) electrons. The van der Waals surface area contributed by atoms with Gasteiger partial charge in [-0.3, -0.25) is 14.3 Å². The van der Waals surface area contributed by atoms with E-state index in [-0.39, 0.29) is 30.0 Å². The van der Waals surface area contributed by atoms with Gasteiger partial charge in [-0.1, -0.05) is 18.1 Å². The highest BCUT2D eigenvalue weighted by Gasteiger charge is 2.12. The van der Waals surface area contributed by atoms with Crippen LogP contribution in [0.2, 0.25) is 0 Å². The van der Waals surface area contributed by atoms with Crippen molar-refractivity contribution in [2.24, 2.45) is 0 Å². The third-order valence-corrected chi connectivity index (χ3v) is 3.99. The van der Waals surface area contributed by atoms with E-state index in [0.717, 1.165) is 19.3 Å². The molecule has 12 heteroatoms. The molecule has 0 atom stereocenters. The van der Waals surface area contributed by atoms with Crippen molar-refractivity contribution in [3.63, 3.8) is 0 Å². The van der Waals surface area contributed by atoms with Gasteiger partial charge in [0.15, 0.2) is 11.2 Å². The molecule has 0 aromatic carbocycles. The lowest BCUT2D eigenvalue weighted by atomic mass is 10.2. The van der Waals surface area contributed by atoms with E-state index >= 15 is 0 Å². The van der Waals surface area contributed by atoms with E-state index in [1.54, 1.807) is 0 Å². The maximum absolute atomic E-state index is 11.6. The SMILES string of the molecule is Nc1nc2c(nnn2COCCCCCCP(=O)(O)O)c(=O)[nH]1. The molecule has 0 saturated heterocycles. The Morgan fingerprint density at radius 3 is 2.74 bits per heavy atom. The second-order valence-electron chi connectivity index (χ2n) is 5.05. The molecular weight excluding hydrogens is 327 g/mol. The zero-order valence-corrected chi connectivity index (χ0v) is 13.3. The van der Waals surface area contributed by atoms with Crippen LogP contribution in [-0.2, 0) is 16.0 Å². The van der Waals surface area contributed by atoms with Crippen molar-refractivity contribution in [3.8, 4) is 0 Å². The van der Waals surface area contributed by atoms with Gasteiger partial charge in [0.05, 0.1) is 0 Å². The first kappa shape index (κ1) is 17.5. The van der Waals surface area contributed by atoms with Gasteiger partial charge in [-0.05, 0) is 12.8 Å². The molecule has 0 saturated carbocycles. The van der Waals surface area contributed by atoms with E-state index in [9.17, 15) is 9.36 Å². The molecular formula is C11H19N6O5P. The second kappa shape index (κ2) is 7.64. The average molecular weight is 346 g/mol. The number of H-pyrrole nitrogens is 1. The van der Waals surface area contributed by atoms with E-state index in [2.05, 4.69) is 20.3 Å². The van der Waals surface area contributed by atoms with E-state index in [4.69, 9.17) is 20.3 Å². The number of fused-ring (bicyclic) bond motifs is 1. The molecule has 0 amide bonds. The highest BCUT2D eigenvalue weighted by molar-refractivity contribution is 7.51. The van der Waals surface area contributed by atoms with E-state index < -0.39 is 13.2 Å². The first-order chi connectivity index (χ1) is 10.9. The molecule has 0 bridgehead atoms. The first-order valence-corrected chi connectivity index (χ1v) is 8.88. The Balaban J connectivity index is 1.71. The maximum Gasteiger partial charge on any atom is 0.325 e. The van der Waals surface area contributed by atoms with Crippen molar-refractivity contribution in [1.29, 1.82) is 0 Å². The van der Waals surface area contributed by atoms with Crippen LogP contribution in [0.1, 0.15) is 25.7 Å². The smallest absolute Gasteiger partial charge is 0.325 e. The third-order valence-electron chi connectivity index (χ3n) is 3.09. The number of nitrogen functional groups attached to an aromatic ring is 1. The van der Waals surface area contributed by atoms with Gasteiger partial charge < -0.3 is 20.3 Å². The number of nitrogens with one attached hydrogen (secondary N) is 1. The van der Waals surface area contributed by atoms with Crippen molar-refractivity contribution >= 4 is 24.7 Å². The summed E-state index contributed by atoms with van der Waals surface area (Å²) in [7, 11) is -3.89. The predicted octanol–water partition coefficient (Wildman–Crippen LogP) is -0.191. The minimum absolute atomic E-state index is 0.0175. The number of rotatable bonds is 9. The fourth-order valence-corrected chi connectivity index (χ4v) is 2.63. The Bertz CT molecular complexity index is 753. The average Bonchev–Trinajstić information content (AvgIpc) is 2.84. The van der Waals surface area contributed by atoms with Crippen molar-refractivity contribution in [2.45, 2.75) is 32.4 Å². The Labute approximate surface area is 131 Å². The Morgan fingerprint density at radius 2 is 2.00 bits per heavy atom. The third kappa shape index (κ3) is 5.39. The molecule has 23 heavy (non-hydrogen) atoms. The number of ether oxygens (including phenoxy) is 1. The summed E-state index contributed by atoms with van der Waals surface area (Å²) in [5.41, 5.74) is 5.37. The summed E-state index contributed by atoms with van der Waals surface area (Å²) in [6.45, 7) is 0.546. The Hall–Kier alpha value is -1.81. The molecule has 2 aromatic rings. The number of hydrogen-bond donors (Lipinski definition) is 4. The highest BCUT2D eigenvalue weighted by Crippen LogP contribution is 2.35. The fraction of sp³-hybridized carbons (Fsp3) is 0.636. The van der Waals surface area contributed by atoms with Gasteiger partial charge in [0.1, 0.15) is 6.73 Å². The van der Waals surface area contributed by atoms with Crippen LogP contribution in [0, 0.1) is 0 Å². The van der Waals surface area contributed by atoms with Crippen LogP contribution in [0.15, 0.2) is 4.79 Å². The fourth-order valence-electron chi connectivity index (χ4n) is 2.00. The number of nitrogens with two attached hydrogens (primary N) is 1. The Kier molecular flexibility index (Phi) is 5.83. The largest absolute Gasteiger partial charge is 0.369 e. The summed E-state index contributed by atoms with van der Waals surface area (Å²) in [6, 6.07) is 0. The highest BCUT2D eigenvalue weighted by atomic mass is 31.2. The quantitative estimate of drug-likeness (QED) is 0.355. The van der Waals surface area contributed by atoms with Crippen LogP contribution in [0.3, 0.4) is 0 Å². The number of hydrogen-bond acceptors (Lipinski definition) is 7. The molecule has 11 nitrogen and oxygen atoms in total. The van der Waals surface area contributed by atoms with Gasteiger partial charge in [0, 0.05) is 12.8 Å². The van der Waals surface area contributed by atoms with E-state index in [1.165, 1.54) is 4.68 Å². The molecule has 128 valence electrons. The summed E-state index contributed by atoms with van der Waals surface area (Å²) in [4.78, 5) is 35.3. The number of aromatic nitrogens is 5. The Morgan fingerprint density at radius 1 is 1.26 bits per heavy atom. The van der Waals surface area contributed by atoms with Crippen molar-refractivity contribution in [1.82, 2.24) is 25.0 Å². The number of anilines is 1. The first-order valence-electron chi connectivity index (χ1n) is 7.08. The normalized spacial score (nSPS) is 12.1. The molecule has 0 aliphatic rings. The van der Waals surface area contributed by atoms with Gasteiger partial charge in [0.2, 0.25) is 5.95 Å². The molecule has 0 spiro atoms. The van der Waals surface area contributed by atoms with Crippen molar-refractivity contribution < 1.29 is 19.1 Å². The molecule has 5 N–H and O–H groups in total. The van der Waals surface area contributed by atoms with Crippen molar-refractivity contribution in [3.05, 3.63) is 10.4 Å². The summed E-state index contributed by atoms with van der Waals surface area (Å²) in [5, 5.41) is 7.51. The minimum Gasteiger partial charge on any atom is -0.369 e. The van der Waals surface area contributed by atoms with Crippen LogP contribution in [0.5, 0.6) is 0 Å². The van der Waals surface area contributed by atoms with Gasteiger partial charge in [-0.15, -0.1) is 5.10 Å². The summed E-state index contributed by atoms with van der Waals surface area (Å²) in [6.07, 6.45) is 2.70.